The zero-order valence-electron chi connectivity index (χ0n) is 9.06. The van der Waals surface area contributed by atoms with Gasteiger partial charge in [-0.05, 0) is 25.8 Å². The molecule has 0 bridgehead atoms. The van der Waals surface area contributed by atoms with Crippen molar-refractivity contribution in [1.29, 1.82) is 0 Å². The Morgan fingerprint density at radius 2 is 2.27 bits per heavy atom. The monoisotopic (exact) mass is 215 g/mol. The Hall–Kier alpha value is -0.650. The van der Waals surface area contributed by atoms with Crippen LogP contribution >= 0.6 is 0 Å². The molecule has 2 unspecified atom stereocenters. The first-order valence-corrected chi connectivity index (χ1v) is 5.55. The quantitative estimate of drug-likeness (QED) is 0.550. The average molecular weight is 215 g/mol. The molecule has 0 aromatic rings. The number of hydrogen-bond donors (Lipinski definition) is 3. The SMILES string of the molecule is NC(=O)C(N)CN1CCCCC1CCO. The molecule has 1 heterocycles. The number of nitrogens with zero attached hydrogens (tertiary/aromatic N) is 1. The summed E-state index contributed by atoms with van der Waals surface area (Å²) in [6.07, 6.45) is 4.15. The summed E-state index contributed by atoms with van der Waals surface area (Å²) < 4.78 is 0. The first-order chi connectivity index (χ1) is 7.15. The van der Waals surface area contributed by atoms with E-state index >= 15 is 0 Å². The second-order valence-corrected chi connectivity index (χ2v) is 4.17. The maximum atomic E-state index is 10.9. The normalized spacial score (nSPS) is 25.1. The van der Waals surface area contributed by atoms with Gasteiger partial charge in [0.15, 0.2) is 0 Å². The van der Waals surface area contributed by atoms with E-state index in [0.717, 1.165) is 25.8 Å². The Morgan fingerprint density at radius 1 is 1.53 bits per heavy atom. The number of aliphatic hydroxyl groups is 1. The molecule has 1 aliphatic rings. The summed E-state index contributed by atoms with van der Waals surface area (Å²) in [5.41, 5.74) is 10.8. The van der Waals surface area contributed by atoms with Crippen LogP contribution in [0.4, 0.5) is 0 Å². The van der Waals surface area contributed by atoms with Gasteiger partial charge in [-0.3, -0.25) is 9.69 Å². The molecule has 0 aliphatic carbocycles. The zero-order valence-corrected chi connectivity index (χ0v) is 9.06. The predicted molar refractivity (Wildman–Crippen MR) is 58.1 cm³/mol. The molecular weight excluding hydrogens is 194 g/mol. The van der Waals surface area contributed by atoms with Gasteiger partial charge in [0.2, 0.25) is 5.91 Å². The molecular formula is C10H21N3O2. The van der Waals surface area contributed by atoms with Crippen molar-refractivity contribution in [3.05, 3.63) is 0 Å². The Kier molecular flexibility index (Phi) is 5.01. The van der Waals surface area contributed by atoms with Crippen LogP contribution in [0.15, 0.2) is 0 Å². The minimum absolute atomic E-state index is 0.187. The van der Waals surface area contributed by atoms with Gasteiger partial charge in [-0.2, -0.15) is 0 Å². The Labute approximate surface area is 90.4 Å². The van der Waals surface area contributed by atoms with Crippen molar-refractivity contribution in [3.63, 3.8) is 0 Å². The maximum absolute atomic E-state index is 10.9. The third-order valence-corrected chi connectivity index (χ3v) is 3.01. The summed E-state index contributed by atoms with van der Waals surface area (Å²) >= 11 is 0. The van der Waals surface area contributed by atoms with Crippen LogP contribution in [0.5, 0.6) is 0 Å². The summed E-state index contributed by atoms with van der Waals surface area (Å²) in [5, 5.41) is 8.93. The predicted octanol–water partition coefficient (Wildman–Crippen LogP) is -0.964. The minimum atomic E-state index is -0.593. The molecule has 1 amide bonds. The Bertz CT molecular complexity index is 209. The number of piperidine rings is 1. The van der Waals surface area contributed by atoms with E-state index in [4.69, 9.17) is 16.6 Å². The third-order valence-electron chi connectivity index (χ3n) is 3.01. The summed E-state index contributed by atoms with van der Waals surface area (Å²) in [6.45, 7) is 1.65. The molecule has 0 spiro atoms. The number of primary amides is 1. The molecule has 0 aromatic carbocycles. The Balaban J connectivity index is 2.45. The summed E-state index contributed by atoms with van der Waals surface area (Å²) in [7, 11) is 0. The highest BCUT2D eigenvalue weighted by molar-refractivity contribution is 5.79. The van der Waals surface area contributed by atoms with Crippen molar-refractivity contribution in [2.24, 2.45) is 11.5 Å². The second-order valence-electron chi connectivity index (χ2n) is 4.17. The standard InChI is InChI=1S/C10H21N3O2/c11-9(10(12)15)7-13-5-2-1-3-8(13)4-6-14/h8-9,14H,1-7,11H2,(H2,12,15). The van der Waals surface area contributed by atoms with Crippen molar-refractivity contribution in [2.45, 2.75) is 37.8 Å². The molecule has 0 saturated carbocycles. The van der Waals surface area contributed by atoms with Gasteiger partial charge >= 0.3 is 0 Å². The largest absolute Gasteiger partial charge is 0.396 e. The lowest BCUT2D eigenvalue weighted by Gasteiger charge is -2.36. The summed E-state index contributed by atoms with van der Waals surface area (Å²) in [6, 6.07) is -0.238. The first kappa shape index (κ1) is 12.4. The fourth-order valence-electron chi connectivity index (χ4n) is 2.12. The maximum Gasteiger partial charge on any atom is 0.235 e. The van der Waals surface area contributed by atoms with Crippen molar-refractivity contribution in [1.82, 2.24) is 4.90 Å². The Morgan fingerprint density at radius 3 is 2.87 bits per heavy atom. The van der Waals surface area contributed by atoms with E-state index in [2.05, 4.69) is 4.90 Å². The number of hydrogen-bond acceptors (Lipinski definition) is 4. The lowest BCUT2D eigenvalue weighted by molar-refractivity contribution is -0.119. The van der Waals surface area contributed by atoms with Gasteiger partial charge in [0.25, 0.3) is 0 Å². The number of amides is 1. The summed E-state index contributed by atoms with van der Waals surface area (Å²) in [5.74, 6) is -0.455. The van der Waals surface area contributed by atoms with Gasteiger partial charge in [-0.25, -0.2) is 0 Å². The van der Waals surface area contributed by atoms with Crippen LogP contribution in [-0.2, 0) is 4.79 Å². The van der Waals surface area contributed by atoms with E-state index < -0.39 is 11.9 Å². The molecule has 15 heavy (non-hydrogen) atoms. The minimum Gasteiger partial charge on any atom is -0.396 e. The number of rotatable bonds is 5. The van der Waals surface area contributed by atoms with E-state index in [9.17, 15) is 4.79 Å². The number of aliphatic hydroxyl groups excluding tert-OH is 1. The molecule has 0 aromatic heterocycles. The molecule has 5 nitrogen and oxygen atoms in total. The lowest BCUT2D eigenvalue weighted by atomic mass is 9.99. The third kappa shape index (κ3) is 3.77. The molecule has 1 rings (SSSR count). The average Bonchev–Trinajstić information content (AvgIpc) is 2.21. The number of likely N-dealkylation sites (tertiary alicyclic amines) is 1. The number of carbonyl (C=O) groups is 1. The van der Waals surface area contributed by atoms with Crippen LogP contribution in [0.2, 0.25) is 0 Å². The van der Waals surface area contributed by atoms with Crippen LogP contribution in [0.3, 0.4) is 0 Å². The van der Waals surface area contributed by atoms with Gasteiger partial charge in [0.1, 0.15) is 0 Å². The fraction of sp³-hybridized carbons (Fsp3) is 0.900. The van der Waals surface area contributed by atoms with Crippen LogP contribution in [0, 0.1) is 0 Å². The fourth-order valence-corrected chi connectivity index (χ4v) is 2.12. The van der Waals surface area contributed by atoms with Crippen molar-refractivity contribution >= 4 is 5.91 Å². The van der Waals surface area contributed by atoms with E-state index in [0.29, 0.717) is 12.6 Å². The van der Waals surface area contributed by atoms with E-state index in [1.807, 2.05) is 0 Å². The molecule has 1 fully saturated rings. The van der Waals surface area contributed by atoms with E-state index in [1.54, 1.807) is 0 Å². The highest BCUT2D eigenvalue weighted by atomic mass is 16.3. The molecule has 1 saturated heterocycles. The number of carbonyl (C=O) groups excluding carboxylic acids is 1. The second kappa shape index (κ2) is 6.05. The molecule has 0 radical (unpaired) electrons. The molecule has 88 valence electrons. The highest BCUT2D eigenvalue weighted by Gasteiger charge is 2.24. The topological polar surface area (TPSA) is 92.6 Å². The van der Waals surface area contributed by atoms with Crippen LogP contribution in [-0.4, -0.2) is 47.7 Å². The summed E-state index contributed by atoms with van der Waals surface area (Å²) in [4.78, 5) is 13.0. The van der Waals surface area contributed by atoms with Crippen molar-refractivity contribution < 1.29 is 9.90 Å². The van der Waals surface area contributed by atoms with Crippen LogP contribution in [0.1, 0.15) is 25.7 Å². The van der Waals surface area contributed by atoms with E-state index in [-0.39, 0.29) is 6.61 Å². The lowest BCUT2D eigenvalue weighted by Crippen LogP contribution is -2.50. The van der Waals surface area contributed by atoms with Gasteiger partial charge in [-0.1, -0.05) is 6.42 Å². The van der Waals surface area contributed by atoms with E-state index in [1.165, 1.54) is 6.42 Å². The molecule has 5 heteroatoms. The van der Waals surface area contributed by atoms with Gasteiger partial charge < -0.3 is 16.6 Å². The van der Waals surface area contributed by atoms with Crippen molar-refractivity contribution in [3.8, 4) is 0 Å². The highest BCUT2D eigenvalue weighted by Crippen LogP contribution is 2.19. The van der Waals surface area contributed by atoms with Gasteiger partial charge in [0, 0.05) is 19.2 Å². The van der Waals surface area contributed by atoms with Crippen molar-refractivity contribution in [2.75, 3.05) is 19.7 Å². The smallest absolute Gasteiger partial charge is 0.235 e. The van der Waals surface area contributed by atoms with Crippen LogP contribution < -0.4 is 11.5 Å². The number of nitrogens with two attached hydrogens (primary N) is 2. The molecule has 2 atom stereocenters. The van der Waals surface area contributed by atoms with Crippen LogP contribution in [0.25, 0.3) is 0 Å². The van der Waals surface area contributed by atoms with Gasteiger partial charge in [0.05, 0.1) is 6.04 Å². The molecule has 1 aliphatic heterocycles. The first-order valence-electron chi connectivity index (χ1n) is 5.55. The zero-order chi connectivity index (χ0) is 11.3. The van der Waals surface area contributed by atoms with Gasteiger partial charge in [-0.15, -0.1) is 0 Å². The molecule has 5 N–H and O–H groups in total.